The second-order valence-corrected chi connectivity index (χ2v) is 9.27. The summed E-state index contributed by atoms with van der Waals surface area (Å²) in [4.78, 5) is 4.22. The van der Waals surface area contributed by atoms with Crippen LogP contribution in [-0.2, 0) is 15.6 Å². The highest BCUT2D eigenvalue weighted by atomic mass is 35.5. The molecule has 2 aromatic rings. The number of ether oxygens (including phenoxy) is 1. The number of sulfone groups is 1. The van der Waals surface area contributed by atoms with Crippen molar-refractivity contribution >= 4 is 32.8 Å². The van der Waals surface area contributed by atoms with Crippen LogP contribution in [0.2, 0.25) is 5.02 Å². The van der Waals surface area contributed by atoms with Crippen LogP contribution in [0, 0.1) is 0 Å². The number of rotatable bonds is 5. The zero-order valence-electron chi connectivity index (χ0n) is 13.2. The molecule has 1 aliphatic rings. The third-order valence-electron chi connectivity index (χ3n) is 3.93. The fourth-order valence-corrected chi connectivity index (χ4v) is 5.28. The maximum Gasteiger partial charge on any atom is 0.184 e. The van der Waals surface area contributed by atoms with Crippen LogP contribution in [0.1, 0.15) is 24.8 Å². The molecule has 24 heavy (non-hydrogen) atoms. The summed E-state index contributed by atoms with van der Waals surface area (Å²) in [6.45, 7) is 3.02. The van der Waals surface area contributed by atoms with Crippen molar-refractivity contribution in [2.45, 2.75) is 42.6 Å². The Morgan fingerprint density at radius 3 is 2.96 bits per heavy atom. The van der Waals surface area contributed by atoms with E-state index in [2.05, 4.69) is 17.2 Å². The fraction of sp³-hybridized carbons (Fsp3) is 0.438. The lowest BCUT2D eigenvalue weighted by atomic mass is 10.0. The van der Waals surface area contributed by atoms with Crippen molar-refractivity contribution in [3.8, 4) is 5.75 Å². The van der Waals surface area contributed by atoms with E-state index in [0.717, 1.165) is 19.4 Å². The van der Waals surface area contributed by atoms with Gasteiger partial charge in [0.05, 0.1) is 9.92 Å². The summed E-state index contributed by atoms with van der Waals surface area (Å²) < 4.78 is 30.9. The molecule has 0 saturated carbocycles. The fourth-order valence-electron chi connectivity index (χ4n) is 2.71. The molecular formula is C16H19ClN2O3S2. The van der Waals surface area contributed by atoms with E-state index < -0.39 is 9.84 Å². The van der Waals surface area contributed by atoms with Crippen molar-refractivity contribution in [1.29, 1.82) is 0 Å². The van der Waals surface area contributed by atoms with Gasteiger partial charge in [-0.05, 0) is 44.5 Å². The molecule has 5 nitrogen and oxygen atoms in total. The van der Waals surface area contributed by atoms with Gasteiger partial charge in [0.15, 0.2) is 9.84 Å². The number of aromatic nitrogens is 1. The molecule has 1 aromatic heterocycles. The van der Waals surface area contributed by atoms with Crippen molar-refractivity contribution in [2.75, 3.05) is 6.54 Å². The lowest BCUT2D eigenvalue weighted by molar-refractivity contribution is 0.144. The van der Waals surface area contributed by atoms with E-state index in [4.69, 9.17) is 16.3 Å². The lowest BCUT2D eigenvalue weighted by Gasteiger charge is -2.28. The van der Waals surface area contributed by atoms with E-state index in [1.165, 1.54) is 17.4 Å². The van der Waals surface area contributed by atoms with Gasteiger partial charge in [0.25, 0.3) is 0 Å². The summed E-state index contributed by atoms with van der Waals surface area (Å²) in [5.41, 5.74) is 0. The maximum atomic E-state index is 12.5. The number of halogens is 1. The number of thiazole rings is 1. The van der Waals surface area contributed by atoms with Gasteiger partial charge >= 0.3 is 0 Å². The highest BCUT2D eigenvalue weighted by Crippen LogP contribution is 2.31. The van der Waals surface area contributed by atoms with E-state index in [-0.39, 0.29) is 16.8 Å². The largest absolute Gasteiger partial charge is 0.489 e. The summed E-state index contributed by atoms with van der Waals surface area (Å²) in [6.07, 6.45) is 3.50. The monoisotopic (exact) mass is 386 g/mol. The minimum absolute atomic E-state index is 0.0940. The van der Waals surface area contributed by atoms with Crippen molar-refractivity contribution < 1.29 is 13.2 Å². The quantitative estimate of drug-likeness (QED) is 0.853. The zero-order chi connectivity index (χ0) is 17.2. The van der Waals surface area contributed by atoms with Gasteiger partial charge in [0.1, 0.15) is 22.6 Å². The molecule has 130 valence electrons. The number of piperidine rings is 1. The highest BCUT2D eigenvalue weighted by molar-refractivity contribution is 7.90. The molecule has 2 heterocycles. The number of benzene rings is 1. The number of hydrogen-bond donors (Lipinski definition) is 1. The van der Waals surface area contributed by atoms with Gasteiger partial charge < -0.3 is 10.1 Å². The van der Waals surface area contributed by atoms with Crippen LogP contribution < -0.4 is 10.1 Å². The SMILES string of the molecule is C[C@H]1C[C@@H](Oc2ccc(S(=O)(=O)Cc3nccs3)cc2Cl)CCN1. The Morgan fingerprint density at radius 1 is 1.46 bits per heavy atom. The minimum Gasteiger partial charge on any atom is -0.489 e. The van der Waals surface area contributed by atoms with Crippen molar-refractivity contribution in [3.05, 3.63) is 39.8 Å². The van der Waals surface area contributed by atoms with Gasteiger partial charge in [-0.15, -0.1) is 11.3 Å². The van der Waals surface area contributed by atoms with Gasteiger partial charge in [-0.2, -0.15) is 0 Å². The normalized spacial score (nSPS) is 21.6. The summed E-state index contributed by atoms with van der Waals surface area (Å²) in [6, 6.07) is 5.06. The maximum absolute atomic E-state index is 12.5. The molecule has 1 saturated heterocycles. The molecule has 0 bridgehead atoms. The Bertz CT molecular complexity index is 794. The Kier molecular flexibility index (Phi) is 5.44. The van der Waals surface area contributed by atoms with Crippen LogP contribution in [0.4, 0.5) is 0 Å². The molecule has 2 atom stereocenters. The Morgan fingerprint density at radius 2 is 2.29 bits per heavy atom. The molecule has 1 N–H and O–H groups in total. The lowest BCUT2D eigenvalue weighted by Crippen LogP contribution is -2.40. The number of nitrogens with zero attached hydrogens (tertiary/aromatic N) is 1. The van der Waals surface area contributed by atoms with Gasteiger partial charge in [0, 0.05) is 17.6 Å². The second kappa shape index (κ2) is 7.39. The predicted octanol–water partition coefficient (Wildman–Crippen LogP) is 3.29. The Balaban J connectivity index is 1.74. The van der Waals surface area contributed by atoms with E-state index in [1.807, 2.05) is 0 Å². The average molecular weight is 387 g/mol. The number of hydrogen-bond acceptors (Lipinski definition) is 6. The molecule has 3 rings (SSSR count). The second-order valence-electron chi connectivity index (χ2n) is 5.90. The summed E-state index contributed by atoms with van der Waals surface area (Å²) >= 11 is 7.58. The van der Waals surface area contributed by atoms with Crippen LogP contribution in [0.25, 0.3) is 0 Å². The van der Waals surface area contributed by atoms with E-state index >= 15 is 0 Å². The predicted molar refractivity (Wildman–Crippen MR) is 95.6 cm³/mol. The van der Waals surface area contributed by atoms with Crippen LogP contribution >= 0.6 is 22.9 Å². The standard InChI is InChI=1S/C16H19ClN2O3S2/c1-11-8-12(4-5-18-11)22-15-3-2-13(9-14(15)17)24(20,21)10-16-19-6-7-23-16/h2-3,6-7,9,11-12,18H,4-5,8,10H2,1H3/t11-,12-/m0/s1. The summed E-state index contributed by atoms with van der Waals surface area (Å²) in [7, 11) is -3.47. The molecule has 1 fully saturated rings. The smallest absolute Gasteiger partial charge is 0.184 e. The molecule has 0 spiro atoms. The molecule has 0 unspecified atom stereocenters. The Hall–Kier alpha value is -1.15. The molecule has 0 amide bonds. The van der Waals surface area contributed by atoms with Crippen molar-refractivity contribution in [2.24, 2.45) is 0 Å². The van der Waals surface area contributed by atoms with E-state index in [1.54, 1.807) is 23.7 Å². The topological polar surface area (TPSA) is 68.3 Å². The van der Waals surface area contributed by atoms with Crippen LogP contribution in [-0.4, -0.2) is 32.1 Å². The van der Waals surface area contributed by atoms with Crippen molar-refractivity contribution in [1.82, 2.24) is 10.3 Å². The molecule has 1 aliphatic heterocycles. The molecule has 0 aliphatic carbocycles. The molecule has 1 aromatic carbocycles. The van der Waals surface area contributed by atoms with Gasteiger partial charge in [-0.3, -0.25) is 0 Å². The Labute approximate surface area is 150 Å². The van der Waals surface area contributed by atoms with E-state index in [9.17, 15) is 8.42 Å². The van der Waals surface area contributed by atoms with E-state index in [0.29, 0.717) is 21.8 Å². The van der Waals surface area contributed by atoms with Gasteiger partial charge in [-0.1, -0.05) is 11.6 Å². The zero-order valence-corrected chi connectivity index (χ0v) is 15.6. The molecular weight excluding hydrogens is 368 g/mol. The summed E-state index contributed by atoms with van der Waals surface area (Å²) in [5.74, 6) is 0.413. The molecule has 8 heteroatoms. The number of nitrogens with one attached hydrogen (secondary N) is 1. The minimum atomic E-state index is -3.47. The third kappa shape index (κ3) is 4.27. The van der Waals surface area contributed by atoms with Gasteiger partial charge in [-0.25, -0.2) is 13.4 Å². The first-order valence-electron chi connectivity index (χ1n) is 7.75. The van der Waals surface area contributed by atoms with Crippen LogP contribution in [0.5, 0.6) is 5.75 Å². The van der Waals surface area contributed by atoms with Crippen LogP contribution in [0.3, 0.4) is 0 Å². The molecule has 0 radical (unpaired) electrons. The first-order chi connectivity index (χ1) is 11.4. The average Bonchev–Trinajstić information content (AvgIpc) is 3.01. The van der Waals surface area contributed by atoms with Crippen LogP contribution in [0.15, 0.2) is 34.7 Å². The summed E-state index contributed by atoms with van der Waals surface area (Å²) in [5, 5.41) is 6.01. The van der Waals surface area contributed by atoms with Gasteiger partial charge in [0.2, 0.25) is 0 Å². The highest BCUT2D eigenvalue weighted by Gasteiger charge is 2.22. The first kappa shape index (κ1) is 17.7. The third-order valence-corrected chi connectivity index (χ3v) is 6.81. The first-order valence-corrected chi connectivity index (χ1v) is 10.7. The van der Waals surface area contributed by atoms with Crippen molar-refractivity contribution in [3.63, 3.8) is 0 Å².